The van der Waals surface area contributed by atoms with Crippen LogP contribution in [0.3, 0.4) is 0 Å². The maximum Gasteiger partial charge on any atom is 0.316 e. The van der Waals surface area contributed by atoms with E-state index in [1.165, 1.54) is 0 Å². The molecule has 8 heteroatoms. The summed E-state index contributed by atoms with van der Waals surface area (Å²) in [6.45, 7) is 3.79. The number of nitrogens with zero attached hydrogens (tertiary/aromatic N) is 3. The van der Waals surface area contributed by atoms with Gasteiger partial charge in [0.2, 0.25) is 5.91 Å². The Morgan fingerprint density at radius 3 is 2.71 bits per heavy atom. The minimum absolute atomic E-state index is 0.112. The van der Waals surface area contributed by atoms with Crippen LogP contribution >= 0.6 is 0 Å². The van der Waals surface area contributed by atoms with E-state index in [2.05, 4.69) is 15.3 Å². The third-order valence-electron chi connectivity index (χ3n) is 4.89. The Balaban J connectivity index is 1.58. The lowest BCUT2D eigenvalue weighted by atomic mass is 9.98. The molecule has 3 rings (SSSR count). The highest BCUT2D eigenvalue weighted by atomic mass is 19.1. The highest BCUT2D eigenvalue weighted by Gasteiger charge is 2.21. The Morgan fingerprint density at radius 1 is 1.36 bits per heavy atom. The van der Waals surface area contributed by atoms with E-state index in [-0.39, 0.29) is 24.3 Å². The van der Waals surface area contributed by atoms with Crippen LogP contribution in [0.15, 0.2) is 30.6 Å². The fourth-order valence-corrected chi connectivity index (χ4v) is 3.22. The fourth-order valence-electron chi connectivity index (χ4n) is 3.22. The zero-order chi connectivity index (χ0) is 19.9. The number of carbonyl (C=O) groups is 1. The molecule has 1 aromatic carbocycles. The predicted octanol–water partition coefficient (Wildman–Crippen LogP) is 2.49. The Morgan fingerprint density at radius 2 is 2.07 bits per heavy atom. The summed E-state index contributed by atoms with van der Waals surface area (Å²) in [5.74, 6) is 0.104. The van der Waals surface area contributed by atoms with Crippen LogP contribution in [-0.2, 0) is 11.3 Å². The number of nitrogens with one attached hydrogen (secondary N) is 2. The molecule has 0 unspecified atom stereocenters. The maximum atomic E-state index is 14.6. The van der Waals surface area contributed by atoms with Crippen LogP contribution < -0.4 is 10.1 Å². The molecule has 0 aliphatic carbocycles. The summed E-state index contributed by atoms with van der Waals surface area (Å²) in [6, 6.07) is 5.32. The smallest absolute Gasteiger partial charge is 0.316 e. The summed E-state index contributed by atoms with van der Waals surface area (Å²) in [6.07, 6.45) is 6.91. The SMILES string of the molecule is CC(=O)N1CCC(COc2ncc(-c3cccc(CN[C]=N)c3F)cn2)CC1. The lowest BCUT2D eigenvalue weighted by Crippen LogP contribution is -2.38. The van der Waals surface area contributed by atoms with Crippen molar-refractivity contribution in [3.05, 3.63) is 42.0 Å². The van der Waals surface area contributed by atoms with E-state index in [9.17, 15) is 9.18 Å². The van der Waals surface area contributed by atoms with Crippen LogP contribution in [0.1, 0.15) is 25.3 Å². The molecule has 2 N–H and O–H groups in total. The first kappa shape index (κ1) is 19.7. The molecule has 1 radical (unpaired) electrons. The Hall–Kier alpha value is -3.03. The summed E-state index contributed by atoms with van der Waals surface area (Å²) < 4.78 is 20.3. The van der Waals surface area contributed by atoms with Gasteiger partial charge in [-0.2, -0.15) is 0 Å². The summed E-state index contributed by atoms with van der Waals surface area (Å²) in [5, 5.41) is 9.42. The molecule has 1 saturated heterocycles. The van der Waals surface area contributed by atoms with Gasteiger partial charge >= 0.3 is 6.01 Å². The topological polar surface area (TPSA) is 91.2 Å². The second-order valence-electron chi connectivity index (χ2n) is 6.77. The third-order valence-corrected chi connectivity index (χ3v) is 4.89. The second-order valence-corrected chi connectivity index (χ2v) is 6.77. The number of hydrogen-bond acceptors (Lipinski definition) is 5. The minimum atomic E-state index is -0.375. The minimum Gasteiger partial charge on any atom is -0.463 e. The van der Waals surface area contributed by atoms with Gasteiger partial charge in [-0.05, 0) is 18.8 Å². The lowest BCUT2D eigenvalue weighted by Gasteiger charge is -2.30. The van der Waals surface area contributed by atoms with Crippen molar-refractivity contribution in [2.24, 2.45) is 5.92 Å². The number of hydrogen-bond donors (Lipinski definition) is 2. The van der Waals surface area contributed by atoms with E-state index < -0.39 is 0 Å². The first-order valence-corrected chi connectivity index (χ1v) is 9.21. The summed E-state index contributed by atoms with van der Waals surface area (Å²) in [4.78, 5) is 21.6. The van der Waals surface area contributed by atoms with Crippen molar-refractivity contribution in [1.82, 2.24) is 20.2 Å². The first-order chi connectivity index (χ1) is 13.6. The number of benzene rings is 1. The van der Waals surface area contributed by atoms with Crippen molar-refractivity contribution >= 4 is 12.2 Å². The van der Waals surface area contributed by atoms with Gasteiger partial charge in [-0.15, -0.1) is 0 Å². The lowest BCUT2D eigenvalue weighted by molar-refractivity contribution is -0.130. The van der Waals surface area contributed by atoms with Crippen LogP contribution in [0, 0.1) is 17.1 Å². The number of aromatic nitrogens is 2. The molecule has 0 atom stereocenters. The highest BCUT2D eigenvalue weighted by molar-refractivity contribution is 5.73. The van der Waals surface area contributed by atoms with Crippen LogP contribution in [0.5, 0.6) is 6.01 Å². The van der Waals surface area contributed by atoms with Crippen LogP contribution in [0.2, 0.25) is 0 Å². The zero-order valence-electron chi connectivity index (χ0n) is 15.7. The molecule has 2 aromatic rings. The average Bonchev–Trinajstić information content (AvgIpc) is 2.72. The molecular formula is C20H23FN5O2. The summed E-state index contributed by atoms with van der Waals surface area (Å²) in [7, 11) is 0. The van der Waals surface area contributed by atoms with Gasteiger partial charge in [0.1, 0.15) is 5.82 Å². The van der Waals surface area contributed by atoms with Gasteiger partial charge in [0, 0.05) is 55.6 Å². The molecule has 1 aliphatic rings. The van der Waals surface area contributed by atoms with Gasteiger partial charge in [-0.25, -0.2) is 14.4 Å². The van der Waals surface area contributed by atoms with E-state index in [1.54, 1.807) is 37.5 Å². The summed E-state index contributed by atoms with van der Waals surface area (Å²) in [5.41, 5.74) is 1.39. The molecule has 0 bridgehead atoms. The summed E-state index contributed by atoms with van der Waals surface area (Å²) >= 11 is 0. The van der Waals surface area contributed by atoms with Crippen molar-refractivity contribution < 1.29 is 13.9 Å². The molecule has 147 valence electrons. The first-order valence-electron chi connectivity index (χ1n) is 9.21. The van der Waals surface area contributed by atoms with Crippen molar-refractivity contribution in [1.29, 1.82) is 5.41 Å². The van der Waals surface area contributed by atoms with Gasteiger partial charge in [0.15, 0.2) is 6.34 Å². The third kappa shape index (κ3) is 4.82. The Labute approximate surface area is 163 Å². The quantitative estimate of drug-likeness (QED) is 0.435. The van der Waals surface area contributed by atoms with Gasteiger partial charge in [0.25, 0.3) is 0 Å². The van der Waals surface area contributed by atoms with Crippen LogP contribution in [0.4, 0.5) is 4.39 Å². The van der Waals surface area contributed by atoms with Crippen molar-refractivity contribution in [3.63, 3.8) is 0 Å². The van der Waals surface area contributed by atoms with Gasteiger partial charge in [0.05, 0.1) is 6.61 Å². The zero-order valence-corrected chi connectivity index (χ0v) is 15.7. The predicted molar refractivity (Wildman–Crippen MR) is 102 cm³/mol. The van der Waals surface area contributed by atoms with E-state index in [4.69, 9.17) is 10.1 Å². The van der Waals surface area contributed by atoms with Crippen molar-refractivity contribution in [2.45, 2.75) is 26.3 Å². The van der Waals surface area contributed by atoms with Gasteiger partial charge in [-0.3, -0.25) is 10.2 Å². The molecular weight excluding hydrogens is 361 g/mol. The molecule has 1 amide bonds. The van der Waals surface area contributed by atoms with E-state index in [0.717, 1.165) is 25.9 Å². The normalized spacial score (nSPS) is 14.6. The number of rotatable bonds is 7. The van der Waals surface area contributed by atoms with E-state index in [0.29, 0.717) is 29.2 Å². The van der Waals surface area contributed by atoms with Gasteiger partial charge < -0.3 is 15.0 Å². The standard InChI is InChI=1S/C20H23FN5O2/c1-14(27)26-7-5-15(6-8-26)12-28-20-24-10-17(11-25-20)18-4-2-3-16(19(18)21)9-23-13-22/h2-4,10-11,15H,5-9,12H2,1H3,(H2,22,23). The number of ether oxygens (including phenoxy) is 1. The average molecular weight is 384 g/mol. The number of likely N-dealkylation sites (tertiary alicyclic amines) is 1. The number of piperidine rings is 1. The molecule has 1 aromatic heterocycles. The fraction of sp³-hybridized carbons (Fsp3) is 0.400. The van der Waals surface area contributed by atoms with Crippen LogP contribution in [0.25, 0.3) is 11.1 Å². The largest absolute Gasteiger partial charge is 0.463 e. The van der Waals surface area contributed by atoms with Crippen molar-refractivity contribution in [2.75, 3.05) is 19.7 Å². The molecule has 2 heterocycles. The Bertz CT molecular complexity index is 820. The maximum absolute atomic E-state index is 14.6. The molecule has 1 fully saturated rings. The molecule has 28 heavy (non-hydrogen) atoms. The Kier molecular flexibility index (Phi) is 6.52. The van der Waals surface area contributed by atoms with Crippen molar-refractivity contribution in [3.8, 4) is 17.1 Å². The molecule has 0 spiro atoms. The molecule has 0 saturated carbocycles. The van der Waals surface area contributed by atoms with Gasteiger partial charge in [-0.1, -0.05) is 18.2 Å². The van der Waals surface area contributed by atoms with E-state index in [1.807, 2.05) is 11.2 Å². The van der Waals surface area contributed by atoms with E-state index >= 15 is 0 Å². The number of amides is 1. The molecule has 7 nitrogen and oxygen atoms in total. The molecule has 1 aliphatic heterocycles. The second kappa shape index (κ2) is 9.25. The number of halogens is 1. The monoisotopic (exact) mass is 384 g/mol. The number of carbonyl (C=O) groups excluding carboxylic acids is 1. The highest BCUT2D eigenvalue weighted by Crippen LogP contribution is 2.25. The van der Waals surface area contributed by atoms with Crippen LogP contribution in [-0.4, -0.2) is 46.8 Å².